The molecule has 1 heterocycles. The fourth-order valence-corrected chi connectivity index (χ4v) is 5.61. The summed E-state index contributed by atoms with van der Waals surface area (Å²) in [4.78, 5) is 43.5. The third-order valence-electron chi connectivity index (χ3n) is 7.15. The molecule has 1 aromatic heterocycles. The van der Waals surface area contributed by atoms with Gasteiger partial charge in [-0.25, -0.2) is 0 Å². The van der Waals surface area contributed by atoms with Crippen LogP contribution in [0.15, 0.2) is 48.5 Å². The zero-order valence-electron chi connectivity index (χ0n) is 22.8. The van der Waals surface area contributed by atoms with Crippen LogP contribution in [0.5, 0.6) is 0 Å². The van der Waals surface area contributed by atoms with Gasteiger partial charge in [0.05, 0.1) is 5.69 Å². The molecular weight excluding hydrogens is 512 g/mol. The third kappa shape index (κ3) is 6.06. The van der Waals surface area contributed by atoms with E-state index >= 15 is 0 Å². The van der Waals surface area contributed by atoms with Crippen molar-refractivity contribution in [3.05, 3.63) is 70.2 Å². The van der Waals surface area contributed by atoms with Crippen LogP contribution in [0.3, 0.4) is 0 Å². The number of hydrogen-bond donors (Lipinski definition) is 3. The van der Waals surface area contributed by atoms with Crippen molar-refractivity contribution >= 4 is 46.3 Å². The molecule has 206 valence electrons. The zero-order chi connectivity index (χ0) is 28.3. The van der Waals surface area contributed by atoms with Gasteiger partial charge in [-0.1, -0.05) is 51.0 Å². The summed E-state index contributed by atoms with van der Waals surface area (Å²) < 4.78 is 4.03. The third-order valence-corrected chi connectivity index (χ3v) is 8.00. The highest BCUT2D eigenvalue weighted by atomic mass is 32.1. The van der Waals surface area contributed by atoms with Gasteiger partial charge in [-0.3, -0.25) is 19.3 Å². The summed E-state index contributed by atoms with van der Waals surface area (Å²) in [6, 6.07) is 14.2. The second-order valence-corrected chi connectivity index (χ2v) is 11.2. The van der Waals surface area contributed by atoms with Gasteiger partial charge in [-0.2, -0.15) is 4.37 Å². The maximum Gasteiger partial charge on any atom is 0.273 e. The predicted octanol–water partition coefficient (Wildman–Crippen LogP) is 4.46. The van der Waals surface area contributed by atoms with Gasteiger partial charge < -0.3 is 21.7 Å². The average Bonchev–Trinajstić information content (AvgIpc) is 3.56. The SMILES string of the molecule is CC(C)c1ccc(N(C(=O)c2snc(C(N)=O)c2N)[C@H](C(=O)NC2CCCC2)c2ccc(N(C)C)cc2)cc1. The number of nitrogen functional groups attached to an aromatic ring is 1. The van der Waals surface area contributed by atoms with Crippen molar-refractivity contribution in [1.29, 1.82) is 0 Å². The number of hydrogen-bond acceptors (Lipinski definition) is 7. The van der Waals surface area contributed by atoms with E-state index < -0.39 is 17.9 Å². The van der Waals surface area contributed by atoms with Crippen molar-refractivity contribution in [1.82, 2.24) is 9.69 Å². The zero-order valence-corrected chi connectivity index (χ0v) is 23.6. The Hall–Kier alpha value is -3.92. The fraction of sp³-hybridized carbons (Fsp3) is 0.379. The summed E-state index contributed by atoms with van der Waals surface area (Å²) in [6.45, 7) is 4.18. The van der Waals surface area contributed by atoms with Gasteiger partial charge in [-0.05, 0) is 65.7 Å². The van der Waals surface area contributed by atoms with Gasteiger partial charge in [0.1, 0.15) is 10.9 Å². The highest BCUT2D eigenvalue weighted by molar-refractivity contribution is 7.09. The lowest BCUT2D eigenvalue weighted by Gasteiger charge is -2.32. The van der Waals surface area contributed by atoms with Crippen LogP contribution in [-0.2, 0) is 4.79 Å². The number of carbonyl (C=O) groups is 3. The summed E-state index contributed by atoms with van der Waals surface area (Å²) in [6.07, 6.45) is 3.91. The first-order valence-corrected chi connectivity index (χ1v) is 13.9. The number of nitrogens with two attached hydrogens (primary N) is 2. The Kier molecular flexibility index (Phi) is 8.54. The molecule has 5 N–H and O–H groups in total. The number of anilines is 3. The van der Waals surface area contributed by atoms with E-state index in [1.165, 1.54) is 4.90 Å². The highest BCUT2D eigenvalue weighted by Gasteiger charge is 2.37. The minimum atomic E-state index is -0.988. The van der Waals surface area contributed by atoms with Crippen LogP contribution in [0.4, 0.5) is 17.1 Å². The molecular formula is C29H36N6O3S. The van der Waals surface area contributed by atoms with E-state index in [-0.39, 0.29) is 28.2 Å². The second kappa shape index (κ2) is 11.9. The van der Waals surface area contributed by atoms with Crippen LogP contribution in [-0.4, -0.2) is 42.2 Å². The largest absolute Gasteiger partial charge is 0.395 e. The van der Waals surface area contributed by atoms with Gasteiger partial charge in [-0.15, -0.1) is 0 Å². The molecule has 10 heteroatoms. The monoisotopic (exact) mass is 548 g/mol. The number of aromatic nitrogens is 1. The molecule has 3 aromatic rings. The van der Waals surface area contributed by atoms with E-state index in [9.17, 15) is 14.4 Å². The second-order valence-electron chi connectivity index (χ2n) is 10.4. The van der Waals surface area contributed by atoms with Crippen LogP contribution in [0.2, 0.25) is 0 Å². The minimum absolute atomic E-state index is 0.0521. The van der Waals surface area contributed by atoms with Crippen molar-refractivity contribution in [2.24, 2.45) is 5.73 Å². The normalized spacial score (nSPS) is 14.3. The number of carbonyl (C=O) groups excluding carboxylic acids is 3. The van der Waals surface area contributed by atoms with E-state index in [2.05, 4.69) is 23.5 Å². The molecule has 0 spiro atoms. The van der Waals surface area contributed by atoms with E-state index in [1.807, 2.05) is 67.5 Å². The maximum atomic E-state index is 14.2. The van der Waals surface area contributed by atoms with Crippen LogP contribution in [0.25, 0.3) is 0 Å². The lowest BCUT2D eigenvalue weighted by atomic mass is 9.99. The molecule has 1 atom stereocenters. The molecule has 0 saturated heterocycles. The number of benzene rings is 2. The number of rotatable bonds is 9. The molecule has 3 amide bonds. The number of nitrogens with zero attached hydrogens (tertiary/aromatic N) is 3. The number of primary amides is 1. The van der Waals surface area contributed by atoms with Crippen molar-refractivity contribution in [2.45, 2.75) is 57.5 Å². The van der Waals surface area contributed by atoms with Gasteiger partial charge in [0.2, 0.25) is 5.91 Å². The summed E-state index contributed by atoms with van der Waals surface area (Å²) in [5.41, 5.74) is 14.6. The minimum Gasteiger partial charge on any atom is -0.395 e. The highest BCUT2D eigenvalue weighted by Crippen LogP contribution is 2.35. The van der Waals surface area contributed by atoms with Gasteiger partial charge >= 0.3 is 0 Å². The standard InChI is InChI=1S/C29H36N6O3S/c1-17(2)18-9-15-22(16-10-18)35(29(38)26-23(30)24(27(31)36)33-39-26)25(28(37)32-20-7-5-6-8-20)19-11-13-21(14-12-19)34(3)4/h9-17,20,25H,5-8,30H2,1-4H3,(H2,31,36)(H,32,37)/t25-/m0/s1. The Labute approximate surface area is 233 Å². The molecule has 0 bridgehead atoms. The van der Waals surface area contributed by atoms with Crippen molar-refractivity contribution in [2.75, 3.05) is 29.6 Å². The van der Waals surface area contributed by atoms with Gasteiger partial charge in [0, 0.05) is 31.5 Å². The Morgan fingerprint density at radius 3 is 2.03 bits per heavy atom. The molecule has 4 rings (SSSR count). The summed E-state index contributed by atoms with van der Waals surface area (Å²) in [5, 5.41) is 3.18. The topological polar surface area (TPSA) is 135 Å². The van der Waals surface area contributed by atoms with Crippen molar-refractivity contribution < 1.29 is 14.4 Å². The number of amides is 3. The smallest absolute Gasteiger partial charge is 0.273 e. The molecule has 39 heavy (non-hydrogen) atoms. The van der Waals surface area contributed by atoms with E-state index in [0.717, 1.165) is 48.5 Å². The Morgan fingerprint density at radius 1 is 0.949 bits per heavy atom. The molecule has 1 aliphatic carbocycles. The predicted molar refractivity (Wildman–Crippen MR) is 156 cm³/mol. The van der Waals surface area contributed by atoms with Crippen molar-refractivity contribution in [3.63, 3.8) is 0 Å². The molecule has 1 saturated carbocycles. The molecule has 1 fully saturated rings. The maximum absolute atomic E-state index is 14.2. The Balaban J connectivity index is 1.86. The average molecular weight is 549 g/mol. The lowest BCUT2D eigenvalue weighted by molar-refractivity contribution is -0.123. The van der Waals surface area contributed by atoms with Crippen LogP contribution >= 0.6 is 11.5 Å². The van der Waals surface area contributed by atoms with Crippen LogP contribution in [0, 0.1) is 0 Å². The molecule has 9 nitrogen and oxygen atoms in total. The first kappa shape index (κ1) is 28.1. The molecule has 0 aliphatic heterocycles. The quantitative estimate of drug-likeness (QED) is 0.361. The molecule has 1 aliphatic rings. The fourth-order valence-electron chi connectivity index (χ4n) is 4.86. The van der Waals surface area contributed by atoms with Crippen molar-refractivity contribution in [3.8, 4) is 0 Å². The lowest BCUT2D eigenvalue weighted by Crippen LogP contribution is -2.46. The van der Waals surface area contributed by atoms with Crippen LogP contribution in [0.1, 0.15) is 82.8 Å². The van der Waals surface area contributed by atoms with E-state index in [1.54, 1.807) is 0 Å². The summed E-state index contributed by atoms with van der Waals surface area (Å²) >= 11 is 0.802. The van der Waals surface area contributed by atoms with Gasteiger partial charge in [0.25, 0.3) is 11.8 Å². The molecule has 2 aromatic carbocycles. The Bertz CT molecular complexity index is 1330. The summed E-state index contributed by atoms with van der Waals surface area (Å²) in [7, 11) is 3.88. The van der Waals surface area contributed by atoms with E-state index in [4.69, 9.17) is 11.5 Å². The number of nitrogens with one attached hydrogen (secondary N) is 1. The molecule has 0 unspecified atom stereocenters. The first-order valence-electron chi connectivity index (χ1n) is 13.1. The van der Waals surface area contributed by atoms with E-state index in [0.29, 0.717) is 17.2 Å². The van der Waals surface area contributed by atoms with Gasteiger partial charge in [0.15, 0.2) is 5.69 Å². The molecule has 0 radical (unpaired) electrons. The summed E-state index contributed by atoms with van der Waals surface area (Å²) in [5.74, 6) is -1.33. The Morgan fingerprint density at radius 2 is 1.51 bits per heavy atom. The van der Waals surface area contributed by atoms with Crippen LogP contribution < -0.4 is 26.6 Å². The first-order chi connectivity index (χ1) is 18.6.